The first-order chi connectivity index (χ1) is 17.2. The molecule has 0 spiro atoms. The van der Waals surface area contributed by atoms with Gasteiger partial charge in [-0.2, -0.15) is 39.5 Å². The van der Waals surface area contributed by atoms with E-state index in [1.807, 2.05) is 0 Å². The predicted octanol–water partition coefficient (Wildman–Crippen LogP) is 4.57. The largest absolute Gasteiger partial charge is 3.00 e. The fourth-order valence-electron chi connectivity index (χ4n) is 2.18. The summed E-state index contributed by atoms with van der Waals surface area (Å²) < 4.78 is 177. The van der Waals surface area contributed by atoms with Gasteiger partial charge in [-0.15, -0.1) is 0 Å². The van der Waals surface area contributed by atoms with Crippen LogP contribution in [0.25, 0.3) is 0 Å². The second-order valence-electron chi connectivity index (χ2n) is 7.13. The molecule has 0 radical (unpaired) electrons. The van der Waals surface area contributed by atoms with Crippen LogP contribution in [-0.2, 0) is 49.8 Å². The molecule has 0 unspecified atom stereocenters. The van der Waals surface area contributed by atoms with Crippen LogP contribution >= 0.6 is 0 Å². The number of hydrogen-bond donors (Lipinski definition) is 0. The van der Waals surface area contributed by atoms with Gasteiger partial charge < -0.3 is 13.7 Å². The summed E-state index contributed by atoms with van der Waals surface area (Å²) in [6.45, 7) is 0. The molecule has 0 saturated heterocycles. The maximum Gasteiger partial charge on any atom is 3.00 e. The van der Waals surface area contributed by atoms with Crippen molar-refractivity contribution in [1.29, 1.82) is 0 Å². The smallest absolute Gasteiger partial charge is 0.741 e. The molecule has 40 heavy (non-hydrogen) atoms. The molecule has 3 aliphatic rings. The molecule has 3 aliphatic carbocycles. The van der Waals surface area contributed by atoms with E-state index in [4.69, 9.17) is 38.9 Å². The number of halogens is 9. The van der Waals surface area contributed by atoms with Crippen molar-refractivity contribution in [3.8, 4) is 0 Å². The van der Waals surface area contributed by atoms with Crippen LogP contribution in [0.5, 0.6) is 0 Å². The van der Waals surface area contributed by atoms with E-state index in [9.17, 15) is 39.5 Å². The van der Waals surface area contributed by atoms with E-state index in [0.717, 1.165) is 11.8 Å². The van der Waals surface area contributed by atoms with Crippen molar-refractivity contribution in [3.05, 3.63) is 48.6 Å². The van der Waals surface area contributed by atoms with Crippen LogP contribution in [0, 0.1) is 11.8 Å². The standard InChI is InChI=1S/C8H12.C7H8.3CHF3O3S.Rh/c1-2-4-6-8-7-5-3-1;1-2-7-4-3-6(1)5-7;3*2-1(3,4)8(5,6)7;/h1-2,7-8H,3-6H2;1-4,6-7H,5H2;3*(H,5,6,7);/q;;;;;+3/p-3/b2-1-,8-7-;;;;;. The SMILES string of the molecule is C1=CC2C=CC1C2.C1=C\CC/C=C\CC/1.O=S(=O)([O-])C(F)(F)F.O=S(=O)([O-])C(F)(F)F.O=S(=O)([O-])C(F)(F)F.[Rh+3]. The van der Waals surface area contributed by atoms with Crippen molar-refractivity contribution in [3.63, 3.8) is 0 Å². The van der Waals surface area contributed by atoms with Crippen LogP contribution in [-0.4, -0.2) is 55.4 Å². The molecule has 22 heteroatoms. The molecule has 236 valence electrons. The molecule has 0 fully saturated rings. The summed E-state index contributed by atoms with van der Waals surface area (Å²) in [4.78, 5) is 0. The normalized spacial score (nSPS) is 21.6. The number of rotatable bonds is 0. The Balaban J connectivity index is -0.000000425. The van der Waals surface area contributed by atoms with Crippen molar-refractivity contribution in [2.45, 2.75) is 48.6 Å². The van der Waals surface area contributed by atoms with E-state index in [1.165, 1.54) is 32.1 Å². The first-order valence-electron chi connectivity index (χ1n) is 9.93. The molecule has 3 rings (SSSR count). The zero-order valence-corrected chi connectivity index (χ0v) is 23.5. The van der Waals surface area contributed by atoms with Crippen molar-refractivity contribution >= 4 is 30.4 Å². The van der Waals surface area contributed by atoms with Crippen LogP contribution in [0.2, 0.25) is 0 Å². The first kappa shape index (κ1) is 43.1. The van der Waals surface area contributed by atoms with Gasteiger partial charge in [-0.1, -0.05) is 48.6 Å². The molecule has 0 heterocycles. The van der Waals surface area contributed by atoms with Gasteiger partial charge in [0.2, 0.25) is 0 Å². The van der Waals surface area contributed by atoms with Gasteiger partial charge in [0.25, 0.3) is 0 Å². The summed E-state index contributed by atoms with van der Waals surface area (Å²) in [5.74, 6) is 1.62. The monoisotopic (exact) mass is 750 g/mol. The van der Waals surface area contributed by atoms with E-state index in [1.54, 1.807) is 0 Å². The molecule has 0 amide bonds. The second kappa shape index (κ2) is 17.6. The fourth-order valence-corrected chi connectivity index (χ4v) is 2.18. The first-order valence-corrected chi connectivity index (χ1v) is 14.2. The van der Waals surface area contributed by atoms with Crippen molar-refractivity contribution in [2.24, 2.45) is 11.8 Å². The van der Waals surface area contributed by atoms with Gasteiger partial charge in [0.15, 0.2) is 30.4 Å². The molecule has 0 N–H and O–H groups in total. The Morgan fingerprint density at radius 3 is 0.700 bits per heavy atom. The van der Waals surface area contributed by atoms with Gasteiger partial charge in [0, 0.05) is 0 Å². The maximum absolute atomic E-state index is 10.7. The number of hydrogen-bond acceptors (Lipinski definition) is 9. The number of fused-ring (bicyclic) bond motifs is 2. The third-order valence-electron chi connectivity index (χ3n) is 3.94. The van der Waals surface area contributed by atoms with E-state index in [2.05, 4.69) is 48.6 Å². The molecule has 0 aromatic carbocycles. The predicted molar refractivity (Wildman–Crippen MR) is 114 cm³/mol. The third kappa shape index (κ3) is 20.5. The van der Waals surface area contributed by atoms with Gasteiger partial charge in [0.05, 0.1) is 0 Å². The van der Waals surface area contributed by atoms with Crippen LogP contribution in [0.4, 0.5) is 39.5 Å². The average Bonchev–Trinajstić information content (AvgIpc) is 3.30. The van der Waals surface area contributed by atoms with E-state index in [-0.39, 0.29) is 19.5 Å². The van der Waals surface area contributed by atoms with Gasteiger partial charge in [-0.05, 0) is 43.9 Å². The molecule has 0 atom stereocenters. The molecular weight excluding hydrogens is 730 g/mol. The summed E-state index contributed by atoms with van der Waals surface area (Å²) in [7, 11) is -18.3. The summed E-state index contributed by atoms with van der Waals surface area (Å²) in [6, 6.07) is 0. The molecule has 0 aromatic rings. The summed E-state index contributed by atoms with van der Waals surface area (Å²) >= 11 is 0. The van der Waals surface area contributed by atoms with Crippen LogP contribution in [0.15, 0.2) is 48.6 Å². The Morgan fingerprint density at radius 2 is 0.625 bits per heavy atom. The van der Waals surface area contributed by atoms with Gasteiger partial charge in [-0.25, -0.2) is 25.3 Å². The van der Waals surface area contributed by atoms with Gasteiger partial charge in [0.1, 0.15) is 0 Å². The Morgan fingerprint density at radius 1 is 0.475 bits per heavy atom. The maximum atomic E-state index is 10.7. The van der Waals surface area contributed by atoms with E-state index >= 15 is 0 Å². The molecule has 2 bridgehead atoms. The fraction of sp³-hybridized carbons (Fsp3) is 0.556. The molecule has 0 saturated carbocycles. The van der Waals surface area contributed by atoms with Crippen LogP contribution in [0.1, 0.15) is 32.1 Å². The van der Waals surface area contributed by atoms with E-state index < -0.39 is 46.9 Å². The average molecular weight is 750 g/mol. The molecule has 0 aromatic heterocycles. The number of alkyl halides is 9. The van der Waals surface area contributed by atoms with Crippen LogP contribution in [0.3, 0.4) is 0 Å². The summed E-state index contributed by atoms with van der Waals surface area (Å²) in [6.07, 6.45) is 24.5. The third-order valence-corrected chi connectivity index (χ3v) is 5.64. The van der Waals surface area contributed by atoms with Gasteiger partial charge >= 0.3 is 36.0 Å². The second-order valence-corrected chi connectivity index (χ2v) is 11.2. The Kier molecular flexibility index (Phi) is 19.0. The quantitative estimate of drug-likeness (QED) is 0.113. The zero-order chi connectivity index (χ0) is 31.3. The topological polar surface area (TPSA) is 172 Å². The van der Waals surface area contributed by atoms with Crippen molar-refractivity contribution in [1.82, 2.24) is 0 Å². The van der Waals surface area contributed by atoms with Crippen LogP contribution < -0.4 is 0 Å². The molecular formula is C18H20F9O9RhS3. The molecule has 0 aliphatic heterocycles. The Bertz CT molecular complexity index is 1030. The minimum absolute atomic E-state index is 0. The Labute approximate surface area is 236 Å². The molecule has 9 nitrogen and oxygen atoms in total. The Hall–Kier alpha value is -1.32. The van der Waals surface area contributed by atoms with Gasteiger partial charge in [-0.3, -0.25) is 0 Å². The van der Waals surface area contributed by atoms with Crippen molar-refractivity contribution in [2.75, 3.05) is 0 Å². The minimum atomic E-state index is -6.09. The summed E-state index contributed by atoms with van der Waals surface area (Å²) in [5, 5.41) is 0. The van der Waals surface area contributed by atoms with E-state index in [0.29, 0.717) is 0 Å². The minimum Gasteiger partial charge on any atom is -0.741 e. The zero-order valence-electron chi connectivity index (χ0n) is 19.4. The number of allylic oxidation sites excluding steroid dienone is 8. The summed E-state index contributed by atoms with van der Waals surface area (Å²) in [5.41, 5.74) is -16.9. The van der Waals surface area contributed by atoms with Crippen molar-refractivity contribution < 1.29 is 97.9 Å².